The van der Waals surface area contributed by atoms with E-state index in [4.69, 9.17) is 15.3 Å². The summed E-state index contributed by atoms with van der Waals surface area (Å²) in [7, 11) is 0. The number of nitrogens with one attached hydrogen (secondary N) is 3. The molecule has 0 aromatic carbocycles. The highest BCUT2D eigenvalue weighted by Gasteiger charge is 2.42. The van der Waals surface area contributed by atoms with Gasteiger partial charge in [-0.05, 0) is 56.9 Å². The number of nitrogens with two attached hydrogens (primary N) is 1. The van der Waals surface area contributed by atoms with Crippen LogP contribution in [0.15, 0.2) is 0 Å². The van der Waals surface area contributed by atoms with Crippen molar-refractivity contribution in [1.82, 2.24) is 21.0 Å². The highest BCUT2D eigenvalue weighted by molar-refractivity contribution is 5.79. The van der Waals surface area contributed by atoms with E-state index in [2.05, 4.69) is 21.0 Å². The van der Waals surface area contributed by atoms with Crippen molar-refractivity contribution in [3.05, 3.63) is 0 Å². The molecule has 4 saturated heterocycles. The molecule has 0 spiro atoms. The Morgan fingerprint density at radius 2 is 1.90 bits per heavy atom. The molecule has 0 aromatic rings. The Morgan fingerprint density at radius 1 is 1.10 bits per heavy atom. The minimum Gasteiger partial charge on any atom is -0.378 e. The number of likely N-dealkylation sites (tertiary alicyclic amines) is 1. The van der Waals surface area contributed by atoms with Gasteiger partial charge in [-0.15, -0.1) is 0 Å². The lowest BCUT2D eigenvalue weighted by Crippen LogP contribution is -2.61. The van der Waals surface area contributed by atoms with Gasteiger partial charge in [0.15, 0.2) is 0 Å². The predicted octanol–water partition coefficient (Wildman–Crippen LogP) is -0.0190. The molecule has 30 heavy (non-hydrogen) atoms. The highest BCUT2D eigenvalue weighted by atomic mass is 16.7. The van der Waals surface area contributed by atoms with E-state index in [-0.39, 0.29) is 6.10 Å². The van der Waals surface area contributed by atoms with Crippen LogP contribution in [-0.4, -0.2) is 80.5 Å². The molecule has 8 heteroatoms. The fourth-order valence-corrected chi connectivity index (χ4v) is 5.86. The van der Waals surface area contributed by atoms with Gasteiger partial charge in [-0.25, -0.2) is 0 Å². The maximum atomic E-state index is 12.5. The van der Waals surface area contributed by atoms with E-state index in [9.17, 15) is 4.79 Å². The van der Waals surface area contributed by atoms with Crippen molar-refractivity contribution in [1.29, 1.82) is 0 Å². The third-order valence-corrected chi connectivity index (χ3v) is 8.29. The zero-order valence-electron chi connectivity index (χ0n) is 18.1. The Hall–Kier alpha value is -0.770. The summed E-state index contributed by atoms with van der Waals surface area (Å²) < 4.78 is 5.33. The van der Waals surface area contributed by atoms with E-state index in [0.29, 0.717) is 54.4 Å². The molecule has 5 fully saturated rings. The quantitative estimate of drug-likeness (QED) is 0.478. The first-order valence-electron chi connectivity index (χ1n) is 12.2. The van der Waals surface area contributed by atoms with Gasteiger partial charge in [-0.2, -0.15) is 5.48 Å². The summed E-state index contributed by atoms with van der Waals surface area (Å²) >= 11 is 0. The van der Waals surface area contributed by atoms with Gasteiger partial charge in [0.2, 0.25) is 5.91 Å². The van der Waals surface area contributed by atoms with Crippen molar-refractivity contribution in [2.75, 3.05) is 39.4 Å². The summed E-state index contributed by atoms with van der Waals surface area (Å²) in [6.07, 6.45) is 7.89. The van der Waals surface area contributed by atoms with Crippen LogP contribution in [0.1, 0.15) is 44.9 Å². The first-order valence-corrected chi connectivity index (χ1v) is 12.2. The molecule has 1 amide bonds. The van der Waals surface area contributed by atoms with Gasteiger partial charge < -0.3 is 26.0 Å². The third-order valence-electron chi connectivity index (χ3n) is 8.29. The van der Waals surface area contributed by atoms with E-state index in [1.807, 2.05) is 0 Å². The van der Waals surface area contributed by atoms with Crippen molar-refractivity contribution in [2.45, 2.75) is 75.2 Å². The highest BCUT2D eigenvalue weighted by Crippen LogP contribution is 2.33. The van der Waals surface area contributed by atoms with Crippen molar-refractivity contribution >= 4 is 5.91 Å². The third kappa shape index (κ3) is 4.40. The number of rotatable bonds is 6. The number of amides is 1. The summed E-state index contributed by atoms with van der Waals surface area (Å²) in [5.74, 6) is 1.79. The van der Waals surface area contributed by atoms with Gasteiger partial charge >= 0.3 is 0 Å². The fourth-order valence-electron chi connectivity index (χ4n) is 5.86. The average molecular weight is 422 g/mol. The lowest BCUT2D eigenvalue weighted by molar-refractivity contribution is -0.139. The molecule has 170 valence electrons. The normalized spacial score (nSPS) is 39.0. The lowest BCUT2D eigenvalue weighted by Gasteiger charge is -2.42. The first-order chi connectivity index (χ1) is 14.7. The molecule has 0 bridgehead atoms. The molecule has 8 nitrogen and oxygen atoms in total. The van der Waals surface area contributed by atoms with Gasteiger partial charge in [0.1, 0.15) is 0 Å². The van der Waals surface area contributed by atoms with Crippen LogP contribution < -0.4 is 21.8 Å². The smallest absolute Gasteiger partial charge is 0.225 e. The van der Waals surface area contributed by atoms with Gasteiger partial charge in [0.05, 0.1) is 25.4 Å². The standard InChI is InChI=1S/C22H39N5O3/c23-10-16-11-24-20(8-18(16)25-17-12-29-13-17)21-9-19(26-30-21)14-4-6-27(7-5-14)22(28)15-2-1-3-15/h14-21,24-26H,1-13,23H2. The predicted molar refractivity (Wildman–Crippen MR) is 114 cm³/mol. The van der Waals surface area contributed by atoms with E-state index in [0.717, 1.165) is 71.4 Å². The average Bonchev–Trinajstić information content (AvgIpc) is 3.19. The number of carbonyl (C=O) groups excluding carboxylic acids is 1. The Labute approximate surface area is 179 Å². The maximum Gasteiger partial charge on any atom is 0.225 e. The van der Waals surface area contributed by atoms with E-state index in [1.165, 1.54) is 6.42 Å². The van der Waals surface area contributed by atoms with Crippen molar-refractivity contribution in [2.24, 2.45) is 23.5 Å². The Morgan fingerprint density at radius 3 is 2.53 bits per heavy atom. The molecule has 0 radical (unpaired) electrons. The van der Waals surface area contributed by atoms with Crippen molar-refractivity contribution in [3.63, 3.8) is 0 Å². The summed E-state index contributed by atoms with van der Waals surface area (Å²) in [6.45, 7) is 5.11. The van der Waals surface area contributed by atoms with E-state index in [1.54, 1.807) is 0 Å². The van der Waals surface area contributed by atoms with Crippen LogP contribution >= 0.6 is 0 Å². The SMILES string of the molecule is NCC1CNC(C2CC(C3CCN(C(=O)C4CCC4)CC3)NO2)CC1NC1COC1. The fraction of sp³-hybridized carbons (Fsp3) is 0.955. The Kier molecular flexibility index (Phi) is 6.60. The minimum atomic E-state index is 0.199. The van der Waals surface area contributed by atoms with Crippen molar-refractivity contribution in [3.8, 4) is 0 Å². The molecule has 5 rings (SSSR count). The molecule has 5 unspecified atom stereocenters. The number of nitrogens with zero attached hydrogens (tertiary/aromatic N) is 1. The van der Waals surface area contributed by atoms with E-state index >= 15 is 0 Å². The van der Waals surface area contributed by atoms with Crippen LogP contribution in [0.2, 0.25) is 0 Å². The number of hydroxylamine groups is 1. The molecule has 5 N–H and O–H groups in total. The largest absolute Gasteiger partial charge is 0.378 e. The number of hydrogen-bond acceptors (Lipinski definition) is 7. The number of carbonyl (C=O) groups is 1. The Bertz CT molecular complexity index is 591. The molecule has 1 aliphatic carbocycles. The zero-order chi connectivity index (χ0) is 20.5. The van der Waals surface area contributed by atoms with Crippen LogP contribution in [0.5, 0.6) is 0 Å². The molecule has 5 atom stereocenters. The van der Waals surface area contributed by atoms with Crippen LogP contribution in [0.4, 0.5) is 0 Å². The molecule has 4 heterocycles. The summed E-state index contributed by atoms with van der Waals surface area (Å²) in [5.41, 5.74) is 9.39. The summed E-state index contributed by atoms with van der Waals surface area (Å²) in [6, 6.07) is 1.66. The zero-order valence-corrected chi connectivity index (χ0v) is 18.1. The second kappa shape index (κ2) is 9.38. The molecule has 5 aliphatic rings. The summed E-state index contributed by atoms with van der Waals surface area (Å²) in [4.78, 5) is 20.7. The molecule has 4 aliphatic heterocycles. The number of piperidine rings is 2. The molecular formula is C22H39N5O3. The van der Waals surface area contributed by atoms with Gasteiger partial charge in [0.25, 0.3) is 0 Å². The van der Waals surface area contributed by atoms with Crippen LogP contribution in [-0.2, 0) is 14.4 Å². The first kappa shape index (κ1) is 21.1. The lowest BCUT2D eigenvalue weighted by atomic mass is 9.81. The van der Waals surface area contributed by atoms with Gasteiger partial charge in [0, 0.05) is 43.7 Å². The monoisotopic (exact) mass is 421 g/mol. The second-order valence-corrected chi connectivity index (χ2v) is 10.2. The number of hydrogen-bond donors (Lipinski definition) is 4. The van der Waals surface area contributed by atoms with Crippen molar-refractivity contribution < 1.29 is 14.4 Å². The number of ether oxygens (including phenoxy) is 1. The van der Waals surface area contributed by atoms with Gasteiger partial charge in [-0.3, -0.25) is 9.63 Å². The summed E-state index contributed by atoms with van der Waals surface area (Å²) in [5, 5.41) is 7.46. The molecular weight excluding hydrogens is 382 g/mol. The van der Waals surface area contributed by atoms with Crippen LogP contribution in [0.25, 0.3) is 0 Å². The van der Waals surface area contributed by atoms with Crippen LogP contribution in [0.3, 0.4) is 0 Å². The Balaban J connectivity index is 1.09. The van der Waals surface area contributed by atoms with Gasteiger partial charge in [-0.1, -0.05) is 6.42 Å². The molecule has 1 saturated carbocycles. The molecule has 0 aromatic heterocycles. The second-order valence-electron chi connectivity index (χ2n) is 10.2. The topological polar surface area (TPSA) is 101 Å². The van der Waals surface area contributed by atoms with Crippen LogP contribution in [0, 0.1) is 17.8 Å². The maximum absolute atomic E-state index is 12.5. The minimum absolute atomic E-state index is 0.199. The van der Waals surface area contributed by atoms with E-state index < -0.39 is 0 Å².